The number of amides is 2. The Morgan fingerprint density at radius 1 is 1.16 bits per heavy atom. The molecule has 0 saturated carbocycles. The van der Waals surface area contributed by atoms with Crippen molar-refractivity contribution < 1.29 is 29.0 Å². The fraction of sp³-hybridized carbons (Fsp3) is 0.471. The minimum atomic E-state index is -1.49. The van der Waals surface area contributed by atoms with E-state index in [4.69, 9.17) is 4.74 Å². The first-order valence-corrected chi connectivity index (χ1v) is 7.72. The van der Waals surface area contributed by atoms with Gasteiger partial charge in [0.1, 0.15) is 11.6 Å². The molecular weight excluding hydrogens is 328 g/mol. The molecule has 0 heterocycles. The smallest absolute Gasteiger partial charge is 0.408 e. The number of alkyl carbamates (subject to hydrolysis) is 1. The summed E-state index contributed by atoms with van der Waals surface area (Å²) >= 11 is 0. The third-order valence-electron chi connectivity index (χ3n) is 3.00. The molecule has 25 heavy (non-hydrogen) atoms. The lowest BCUT2D eigenvalue weighted by molar-refractivity contribution is -0.150. The third-order valence-corrected chi connectivity index (χ3v) is 3.00. The molecule has 1 aromatic rings. The molecule has 0 unspecified atom stereocenters. The maximum atomic E-state index is 12.4. The topological polar surface area (TPSA) is 114 Å². The molecule has 8 heteroatoms. The summed E-state index contributed by atoms with van der Waals surface area (Å²) < 4.78 is 9.55. The summed E-state index contributed by atoms with van der Waals surface area (Å²) in [4.78, 5) is 35.6. The van der Waals surface area contributed by atoms with E-state index < -0.39 is 35.7 Å². The van der Waals surface area contributed by atoms with Crippen LogP contribution in [-0.4, -0.2) is 48.4 Å². The van der Waals surface area contributed by atoms with E-state index >= 15 is 0 Å². The van der Waals surface area contributed by atoms with Crippen molar-refractivity contribution in [1.29, 1.82) is 0 Å². The summed E-state index contributed by atoms with van der Waals surface area (Å²) in [6.45, 7) is 4.77. The van der Waals surface area contributed by atoms with E-state index in [-0.39, 0.29) is 6.54 Å². The van der Waals surface area contributed by atoms with Crippen molar-refractivity contribution in [3.05, 3.63) is 35.9 Å². The van der Waals surface area contributed by atoms with Gasteiger partial charge in [0.15, 0.2) is 6.10 Å². The molecular formula is C17H24N2O6. The van der Waals surface area contributed by atoms with Gasteiger partial charge in [-0.25, -0.2) is 9.59 Å². The van der Waals surface area contributed by atoms with E-state index in [0.29, 0.717) is 5.56 Å². The van der Waals surface area contributed by atoms with Crippen LogP contribution < -0.4 is 10.6 Å². The maximum Gasteiger partial charge on any atom is 0.408 e. The zero-order valence-corrected chi connectivity index (χ0v) is 14.7. The molecule has 0 spiro atoms. The minimum Gasteiger partial charge on any atom is -0.467 e. The van der Waals surface area contributed by atoms with E-state index in [0.717, 1.165) is 7.11 Å². The summed E-state index contributed by atoms with van der Waals surface area (Å²) in [5.74, 6) is -1.46. The molecule has 2 atom stereocenters. The van der Waals surface area contributed by atoms with Gasteiger partial charge in [-0.2, -0.15) is 0 Å². The van der Waals surface area contributed by atoms with Gasteiger partial charge in [-0.1, -0.05) is 30.3 Å². The van der Waals surface area contributed by atoms with Gasteiger partial charge >= 0.3 is 12.1 Å². The molecule has 1 rings (SSSR count). The standard InChI is InChI=1S/C17H24N2O6/c1-17(2,3)25-16(23)19-13(11-8-6-5-7-9-11)14(21)18-10-12(20)15(22)24-4/h5-9,12-13,20H,10H2,1-4H3,(H,18,21)(H,19,23)/t12-,13-/m0/s1. The Kier molecular flexibility index (Phi) is 7.38. The Morgan fingerprint density at radius 2 is 1.76 bits per heavy atom. The lowest BCUT2D eigenvalue weighted by atomic mass is 10.1. The number of hydrogen-bond acceptors (Lipinski definition) is 6. The molecule has 0 radical (unpaired) electrons. The quantitative estimate of drug-likeness (QED) is 0.656. The molecule has 0 saturated heterocycles. The monoisotopic (exact) mass is 352 g/mol. The van der Waals surface area contributed by atoms with E-state index in [1.54, 1.807) is 51.1 Å². The minimum absolute atomic E-state index is 0.342. The van der Waals surface area contributed by atoms with Crippen molar-refractivity contribution in [3.8, 4) is 0 Å². The Balaban J connectivity index is 2.83. The Labute approximate surface area is 146 Å². The highest BCUT2D eigenvalue weighted by Gasteiger charge is 2.27. The van der Waals surface area contributed by atoms with Gasteiger partial charge in [0.25, 0.3) is 0 Å². The van der Waals surface area contributed by atoms with Crippen molar-refractivity contribution in [2.75, 3.05) is 13.7 Å². The summed E-state index contributed by atoms with van der Waals surface area (Å²) in [5, 5.41) is 14.4. The highest BCUT2D eigenvalue weighted by molar-refractivity contribution is 5.87. The first kappa shape index (κ1) is 20.4. The number of carbonyl (C=O) groups excluding carboxylic acids is 3. The van der Waals surface area contributed by atoms with Gasteiger partial charge in [-0.15, -0.1) is 0 Å². The largest absolute Gasteiger partial charge is 0.467 e. The number of aliphatic hydroxyl groups is 1. The van der Waals surface area contributed by atoms with Gasteiger partial charge in [-0.05, 0) is 26.3 Å². The molecule has 1 aromatic carbocycles. The first-order valence-electron chi connectivity index (χ1n) is 7.72. The average Bonchev–Trinajstić information content (AvgIpc) is 2.55. The molecule has 8 nitrogen and oxygen atoms in total. The van der Waals surface area contributed by atoms with Crippen LogP contribution in [0.1, 0.15) is 32.4 Å². The van der Waals surface area contributed by atoms with Crippen molar-refractivity contribution in [3.63, 3.8) is 0 Å². The van der Waals surface area contributed by atoms with Crippen LogP contribution in [0.15, 0.2) is 30.3 Å². The number of hydrogen-bond donors (Lipinski definition) is 3. The number of aliphatic hydroxyl groups excluding tert-OH is 1. The molecule has 0 aliphatic carbocycles. The number of nitrogens with one attached hydrogen (secondary N) is 2. The molecule has 0 aliphatic rings. The predicted octanol–water partition coefficient (Wildman–Crippen LogP) is 0.902. The van der Waals surface area contributed by atoms with Crippen molar-refractivity contribution in [2.45, 2.75) is 38.5 Å². The van der Waals surface area contributed by atoms with Gasteiger partial charge in [0, 0.05) is 0 Å². The lowest BCUT2D eigenvalue weighted by Crippen LogP contribution is -2.45. The summed E-state index contributed by atoms with van der Waals surface area (Å²) in [6.07, 6.45) is -2.25. The third kappa shape index (κ3) is 7.21. The second kappa shape index (κ2) is 9.03. The van der Waals surface area contributed by atoms with E-state index in [2.05, 4.69) is 15.4 Å². The average molecular weight is 352 g/mol. The summed E-state index contributed by atoms with van der Waals surface area (Å²) in [6, 6.07) is 7.50. The SMILES string of the molecule is COC(=O)[C@@H](O)CNC(=O)[C@@H](NC(=O)OC(C)(C)C)c1ccccc1. The molecule has 3 N–H and O–H groups in total. The number of carbonyl (C=O) groups is 3. The van der Waals surface area contributed by atoms with E-state index in [9.17, 15) is 19.5 Å². The Hall–Kier alpha value is -2.61. The normalized spacial score (nSPS) is 13.3. The number of methoxy groups -OCH3 is 1. The second-order valence-electron chi connectivity index (χ2n) is 6.27. The number of ether oxygens (including phenoxy) is 2. The van der Waals surface area contributed by atoms with Crippen molar-refractivity contribution in [1.82, 2.24) is 10.6 Å². The van der Waals surface area contributed by atoms with Crippen LogP contribution in [0.3, 0.4) is 0 Å². The first-order chi connectivity index (χ1) is 11.6. The van der Waals surface area contributed by atoms with Crippen molar-refractivity contribution >= 4 is 18.0 Å². The lowest BCUT2D eigenvalue weighted by Gasteiger charge is -2.23. The number of esters is 1. The van der Waals surface area contributed by atoms with Gasteiger partial charge in [-0.3, -0.25) is 4.79 Å². The molecule has 0 aliphatic heterocycles. The molecule has 138 valence electrons. The Bertz CT molecular complexity index is 597. The van der Waals surface area contributed by atoms with Gasteiger partial charge in [0.2, 0.25) is 5.91 Å². The molecule has 0 fully saturated rings. The summed E-state index contributed by atoms with van der Waals surface area (Å²) in [7, 11) is 1.13. The van der Waals surface area contributed by atoms with E-state index in [1.165, 1.54) is 0 Å². The molecule has 0 aromatic heterocycles. The highest BCUT2D eigenvalue weighted by Crippen LogP contribution is 2.15. The van der Waals surface area contributed by atoms with Crippen LogP contribution in [-0.2, 0) is 19.1 Å². The van der Waals surface area contributed by atoms with Crippen LogP contribution in [0.2, 0.25) is 0 Å². The zero-order valence-electron chi connectivity index (χ0n) is 14.7. The fourth-order valence-electron chi connectivity index (χ4n) is 1.89. The molecule has 0 bridgehead atoms. The zero-order chi connectivity index (χ0) is 19.0. The predicted molar refractivity (Wildman–Crippen MR) is 89.6 cm³/mol. The Morgan fingerprint density at radius 3 is 2.28 bits per heavy atom. The fourth-order valence-corrected chi connectivity index (χ4v) is 1.89. The van der Waals surface area contributed by atoms with Gasteiger partial charge in [0.05, 0.1) is 13.7 Å². The maximum absolute atomic E-state index is 12.4. The van der Waals surface area contributed by atoms with Gasteiger partial charge < -0.3 is 25.2 Å². The van der Waals surface area contributed by atoms with E-state index in [1.807, 2.05) is 0 Å². The molecule has 2 amide bonds. The van der Waals surface area contributed by atoms with Crippen LogP contribution in [0.4, 0.5) is 4.79 Å². The van der Waals surface area contributed by atoms with Crippen LogP contribution >= 0.6 is 0 Å². The number of benzene rings is 1. The van der Waals surface area contributed by atoms with Crippen LogP contribution in [0, 0.1) is 0 Å². The highest BCUT2D eigenvalue weighted by atomic mass is 16.6. The summed E-state index contributed by atoms with van der Waals surface area (Å²) in [5.41, 5.74) is -0.193. The van der Waals surface area contributed by atoms with Crippen LogP contribution in [0.5, 0.6) is 0 Å². The van der Waals surface area contributed by atoms with Crippen molar-refractivity contribution in [2.24, 2.45) is 0 Å². The number of rotatable bonds is 6. The second-order valence-corrected chi connectivity index (χ2v) is 6.27. The van der Waals surface area contributed by atoms with Crippen LogP contribution in [0.25, 0.3) is 0 Å².